The van der Waals surface area contributed by atoms with Crippen LogP contribution in [0.3, 0.4) is 0 Å². The monoisotopic (exact) mass is 299 g/mol. The third-order valence-electron chi connectivity index (χ3n) is 3.54. The van der Waals surface area contributed by atoms with Crippen LogP contribution < -0.4 is 10.6 Å². The molecule has 1 fully saturated rings. The summed E-state index contributed by atoms with van der Waals surface area (Å²) in [5, 5.41) is 6.99. The van der Waals surface area contributed by atoms with E-state index in [0.29, 0.717) is 12.6 Å². The number of amides is 1. The van der Waals surface area contributed by atoms with Gasteiger partial charge in [-0.25, -0.2) is 4.79 Å². The van der Waals surface area contributed by atoms with E-state index >= 15 is 0 Å². The van der Waals surface area contributed by atoms with E-state index in [2.05, 4.69) is 17.6 Å². The Balaban J connectivity index is 2.34. The second-order valence-electron chi connectivity index (χ2n) is 6.80. The van der Waals surface area contributed by atoms with E-state index in [1.54, 1.807) is 0 Å². The summed E-state index contributed by atoms with van der Waals surface area (Å²) in [7, 11) is 0. The molecule has 0 aromatic rings. The van der Waals surface area contributed by atoms with Crippen molar-refractivity contribution in [1.82, 2.24) is 15.5 Å². The van der Waals surface area contributed by atoms with Crippen molar-refractivity contribution in [3.8, 4) is 0 Å². The van der Waals surface area contributed by atoms with Crippen LogP contribution in [0.25, 0.3) is 0 Å². The van der Waals surface area contributed by atoms with Crippen LogP contribution in [0.5, 0.6) is 0 Å². The minimum absolute atomic E-state index is 0.200. The van der Waals surface area contributed by atoms with Gasteiger partial charge in [0.1, 0.15) is 5.60 Å². The Bertz CT molecular complexity index is 294. The maximum Gasteiger partial charge on any atom is 0.410 e. The average Bonchev–Trinajstić information content (AvgIpc) is 2.64. The molecule has 1 atom stereocenters. The SMILES string of the molecule is CCCN(CCNC1CCCNCC1)C(=O)OC(C)(C)C. The number of nitrogens with zero attached hydrogens (tertiary/aromatic N) is 1. The first kappa shape index (κ1) is 18.2. The van der Waals surface area contributed by atoms with Gasteiger partial charge in [-0.2, -0.15) is 0 Å². The molecule has 5 heteroatoms. The minimum Gasteiger partial charge on any atom is -0.444 e. The van der Waals surface area contributed by atoms with Gasteiger partial charge in [-0.3, -0.25) is 0 Å². The number of hydrogen-bond acceptors (Lipinski definition) is 4. The zero-order chi connectivity index (χ0) is 15.7. The highest BCUT2D eigenvalue weighted by Gasteiger charge is 2.21. The van der Waals surface area contributed by atoms with Gasteiger partial charge in [0.05, 0.1) is 0 Å². The van der Waals surface area contributed by atoms with Gasteiger partial charge < -0.3 is 20.3 Å². The molecule has 1 saturated heterocycles. The van der Waals surface area contributed by atoms with Crippen molar-refractivity contribution < 1.29 is 9.53 Å². The molecular weight excluding hydrogens is 266 g/mol. The highest BCUT2D eigenvalue weighted by atomic mass is 16.6. The van der Waals surface area contributed by atoms with E-state index in [1.165, 1.54) is 19.3 Å². The van der Waals surface area contributed by atoms with Crippen LogP contribution in [-0.4, -0.2) is 55.4 Å². The number of ether oxygens (including phenoxy) is 1. The van der Waals surface area contributed by atoms with Gasteiger partial charge in [0.25, 0.3) is 0 Å². The predicted molar refractivity (Wildman–Crippen MR) is 86.6 cm³/mol. The maximum absolute atomic E-state index is 12.2. The van der Waals surface area contributed by atoms with Gasteiger partial charge in [-0.05, 0) is 59.5 Å². The van der Waals surface area contributed by atoms with Crippen LogP contribution in [0, 0.1) is 0 Å². The van der Waals surface area contributed by atoms with Crippen molar-refractivity contribution in [3.05, 3.63) is 0 Å². The van der Waals surface area contributed by atoms with E-state index in [4.69, 9.17) is 4.74 Å². The lowest BCUT2D eigenvalue weighted by Crippen LogP contribution is -2.42. The molecular formula is C16H33N3O2. The van der Waals surface area contributed by atoms with Crippen LogP contribution in [0.2, 0.25) is 0 Å². The summed E-state index contributed by atoms with van der Waals surface area (Å²) in [4.78, 5) is 14.0. The molecule has 0 bridgehead atoms. The zero-order valence-corrected chi connectivity index (χ0v) is 14.2. The molecule has 1 aliphatic heterocycles. The first-order valence-electron chi connectivity index (χ1n) is 8.34. The van der Waals surface area contributed by atoms with Gasteiger partial charge >= 0.3 is 6.09 Å². The van der Waals surface area contributed by atoms with Crippen molar-refractivity contribution in [2.75, 3.05) is 32.7 Å². The van der Waals surface area contributed by atoms with Crippen molar-refractivity contribution in [2.45, 2.75) is 65.0 Å². The van der Waals surface area contributed by atoms with Gasteiger partial charge in [0.2, 0.25) is 0 Å². The Morgan fingerprint density at radius 1 is 1.29 bits per heavy atom. The molecule has 0 aromatic carbocycles. The lowest BCUT2D eigenvalue weighted by molar-refractivity contribution is 0.0250. The van der Waals surface area contributed by atoms with E-state index in [0.717, 1.165) is 32.6 Å². The molecule has 124 valence electrons. The molecule has 1 heterocycles. The quantitative estimate of drug-likeness (QED) is 0.790. The molecule has 0 aromatic heterocycles. The van der Waals surface area contributed by atoms with Gasteiger partial charge in [-0.15, -0.1) is 0 Å². The molecule has 1 aliphatic rings. The lowest BCUT2D eigenvalue weighted by Gasteiger charge is -2.28. The van der Waals surface area contributed by atoms with Crippen LogP contribution in [0.4, 0.5) is 4.79 Å². The van der Waals surface area contributed by atoms with Crippen molar-refractivity contribution in [2.24, 2.45) is 0 Å². The first-order valence-corrected chi connectivity index (χ1v) is 8.34. The minimum atomic E-state index is -0.427. The average molecular weight is 299 g/mol. The fourth-order valence-corrected chi connectivity index (χ4v) is 2.52. The molecule has 1 amide bonds. The number of nitrogens with one attached hydrogen (secondary N) is 2. The number of carbonyl (C=O) groups excluding carboxylic acids is 1. The topological polar surface area (TPSA) is 53.6 Å². The van der Waals surface area contributed by atoms with Gasteiger partial charge in [-0.1, -0.05) is 6.92 Å². The zero-order valence-electron chi connectivity index (χ0n) is 14.2. The van der Waals surface area contributed by atoms with E-state index in [1.807, 2.05) is 25.7 Å². The highest BCUT2D eigenvalue weighted by Crippen LogP contribution is 2.10. The molecule has 2 N–H and O–H groups in total. The second-order valence-corrected chi connectivity index (χ2v) is 6.80. The summed E-state index contributed by atoms with van der Waals surface area (Å²) >= 11 is 0. The van der Waals surface area contributed by atoms with E-state index in [9.17, 15) is 4.79 Å². The molecule has 0 aliphatic carbocycles. The lowest BCUT2D eigenvalue weighted by atomic mass is 10.1. The molecule has 1 unspecified atom stereocenters. The van der Waals surface area contributed by atoms with E-state index in [-0.39, 0.29) is 6.09 Å². The Morgan fingerprint density at radius 2 is 2.05 bits per heavy atom. The summed E-state index contributed by atoms with van der Waals surface area (Å²) in [5.41, 5.74) is -0.427. The molecule has 5 nitrogen and oxygen atoms in total. The Labute approximate surface area is 129 Å². The maximum atomic E-state index is 12.2. The largest absolute Gasteiger partial charge is 0.444 e. The summed E-state index contributed by atoms with van der Waals surface area (Å²) in [6.45, 7) is 12.3. The number of carbonyl (C=O) groups is 1. The Hall–Kier alpha value is -0.810. The molecule has 21 heavy (non-hydrogen) atoms. The van der Waals surface area contributed by atoms with Crippen molar-refractivity contribution >= 4 is 6.09 Å². The number of rotatable bonds is 6. The Kier molecular flexibility index (Phi) is 8.04. The molecule has 1 rings (SSSR count). The van der Waals surface area contributed by atoms with E-state index < -0.39 is 5.60 Å². The van der Waals surface area contributed by atoms with Crippen LogP contribution in [0.15, 0.2) is 0 Å². The van der Waals surface area contributed by atoms with Gasteiger partial charge in [0, 0.05) is 25.7 Å². The molecule has 0 radical (unpaired) electrons. The van der Waals surface area contributed by atoms with Crippen molar-refractivity contribution in [3.63, 3.8) is 0 Å². The molecule has 0 saturated carbocycles. The normalized spacial score (nSPS) is 19.9. The summed E-state index contributed by atoms with van der Waals surface area (Å²) in [6, 6.07) is 0.571. The van der Waals surface area contributed by atoms with Crippen LogP contribution >= 0.6 is 0 Å². The van der Waals surface area contributed by atoms with Gasteiger partial charge in [0.15, 0.2) is 0 Å². The standard InChI is InChI=1S/C16H33N3O2/c1-5-12-19(15(20)21-16(2,3)4)13-11-18-14-7-6-9-17-10-8-14/h14,17-18H,5-13H2,1-4H3. The summed E-state index contributed by atoms with van der Waals surface area (Å²) in [5.74, 6) is 0. The first-order chi connectivity index (χ1) is 9.92. The fraction of sp³-hybridized carbons (Fsp3) is 0.938. The highest BCUT2D eigenvalue weighted by molar-refractivity contribution is 5.68. The second kappa shape index (κ2) is 9.26. The van der Waals surface area contributed by atoms with Crippen LogP contribution in [0.1, 0.15) is 53.4 Å². The summed E-state index contributed by atoms with van der Waals surface area (Å²) < 4.78 is 5.46. The summed E-state index contributed by atoms with van der Waals surface area (Å²) in [6.07, 6.45) is 4.36. The van der Waals surface area contributed by atoms with Crippen molar-refractivity contribution in [1.29, 1.82) is 0 Å². The molecule has 0 spiro atoms. The smallest absolute Gasteiger partial charge is 0.410 e. The number of hydrogen-bond donors (Lipinski definition) is 2. The third-order valence-corrected chi connectivity index (χ3v) is 3.54. The third kappa shape index (κ3) is 8.27. The van der Waals surface area contributed by atoms with Crippen LogP contribution in [-0.2, 0) is 4.74 Å². The fourth-order valence-electron chi connectivity index (χ4n) is 2.52. The Morgan fingerprint density at radius 3 is 2.71 bits per heavy atom. The predicted octanol–water partition coefficient (Wildman–Crippen LogP) is 2.37.